The molecule has 0 saturated carbocycles. The van der Waals surface area contributed by atoms with Gasteiger partial charge in [0.2, 0.25) is 17.7 Å². The molecule has 1 heterocycles. The van der Waals surface area contributed by atoms with Gasteiger partial charge in [-0.25, -0.2) is 0 Å². The SMILES string of the molecule is CCOc1ccccc1N1CC(C(=O)NCCC(=O)NCc2ccccc2)CC1=O. The van der Waals surface area contributed by atoms with Gasteiger partial charge in [0, 0.05) is 32.5 Å². The standard InChI is InChI=1S/C23H27N3O4/c1-2-30-20-11-7-6-10-19(20)26-16-18(14-22(26)28)23(29)24-13-12-21(27)25-15-17-8-4-3-5-9-17/h3-11,18H,2,12-16H2,1H3,(H,24,29)(H,25,27). The average molecular weight is 409 g/mol. The van der Waals surface area contributed by atoms with Crippen LogP contribution in [0.5, 0.6) is 5.75 Å². The molecule has 1 fully saturated rings. The zero-order chi connectivity index (χ0) is 21.3. The van der Waals surface area contributed by atoms with E-state index < -0.39 is 5.92 Å². The molecular formula is C23H27N3O4. The smallest absolute Gasteiger partial charge is 0.227 e. The highest BCUT2D eigenvalue weighted by molar-refractivity contribution is 6.01. The Balaban J connectivity index is 1.45. The van der Waals surface area contributed by atoms with Gasteiger partial charge in [0.1, 0.15) is 5.75 Å². The maximum atomic E-state index is 12.5. The summed E-state index contributed by atoms with van der Waals surface area (Å²) in [7, 11) is 0. The highest BCUT2D eigenvalue weighted by atomic mass is 16.5. The number of nitrogens with one attached hydrogen (secondary N) is 2. The average Bonchev–Trinajstić information content (AvgIpc) is 3.15. The van der Waals surface area contributed by atoms with E-state index in [1.54, 1.807) is 4.90 Å². The van der Waals surface area contributed by atoms with E-state index in [9.17, 15) is 14.4 Å². The number of rotatable bonds is 9. The molecular weight excluding hydrogens is 382 g/mol. The molecule has 2 N–H and O–H groups in total. The van der Waals surface area contributed by atoms with Crippen molar-refractivity contribution in [3.63, 3.8) is 0 Å². The molecule has 1 saturated heterocycles. The number of carbonyl (C=O) groups excluding carboxylic acids is 3. The van der Waals surface area contributed by atoms with Gasteiger partial charge in [-0.05, 0) is 24.6 Å². The second-order valence-electron chi connectivity index (χ2n) is 7.11. The summed E-state index contributed by atoms with van der Waals surface area (Å²) in [6.07, 6.45) is 0.336. The Labute approximate surface area is 176 Å². The number of benzene rings is 2. The van der Waals surface area contributed by atoms with Crippen LogP contribution >= 0.6 is 0 Å². The minimum absolute atomic E-state index is 0.108. The van der Waals surface area contributed by atoms with Crippen LogP contribution < -0.4 is 20.3 Å². The summed E-state index contributed by atoms with van der Waals surface area (Å²) in [6.45, 7) is 3.37. The quantitative estimate of drug-likeness (QED) is 0.665. The van der Waals surface area contributed by atoms with E-state index in [-0.39, 0.29) is 37.1 Å². The molecule has 2 aromatic rings. The minimum Gasteiger partial charge on any atom is -0.492 e. The summed E-state index contributed by atoms with van der Waals surface area (Å²) in [4.78, 5) is 38.5. The fourth-order valence-electron chi connectivity index (χ4n) is 3.40. The van der Waals surface area contributed by atoms with Gasteiger partial charge < -0.3 is 20.3 Å². The Kier molecular flexibility index (Phi) is 7.43. The molecule has 7 heteroatoms. The molecule has 0 aliphatic carbocycles. The van der Waals surface area contributed by atoms with Gasteiger partial charge in [-0.15, -0.1) is 0 Å². The van der Waals surface area contributed by atoms with Crippen LogP contribution in [-0.4, -0.2) is 37.4 Å². The molecule has 1 aliphatic rings. The lowest BCUT2D eigenvalue weighted by Crippen LogP contribution is -2.35. The van der Waals surface area contributed by atoms with E-state index in [1.165, 1.54) is 0 Å². The summed E-state index contributed by atoms with van der Waals surface area (Å²) in [6, 6.07) is 17.0. The van der Waals surface area contributed by atoms with Crippen molar-refractivity contribution in [3.8, 4) is 5.75 Å². The Hall–Kier alpha value is -3.35. The number of hydrogen-bond donors (Lipinski definition) is 2. The largest absolute Gasteiger partial charge is 0.492 e. The Morgan fingerprint density at radius 1 is 1.07 bits per heavy atom. The first-order valence-electron chi connectivity index (χ1n) is 10.2. The van der Waals surface area contributed by atoms with Crippen LogP contribution in [0.15, 0.2) is 54.6 Å². The van der Waals surface area contributed by atoms with Crippen molar-refractivity contribution in [2.45, 2.75) is 26.3 Å². The fourth-order valence-corrected chi connectivity index (χ4v) is 3.40. The number of amides is 3. The fraction of sp³-hybridized carbons (Fsp3) is 0.348. The topological polar surface area (TPSA) is 87.7 Å². The van der Waals surface area contributed by atoms with Gasteiger partial charge >= 0.3 is 0 Å². The van der Waals surface area contributed by atoms with Gasteiger partial charge in [0.15, 0.2) is 0 Å². The summed E-state index contributed by atoms with van der Waals surface area (Å²) in [5, 5.41) is 5.61. The first kappa shape index (κ1) is 21.4. The number of hydrogen-bond acceptors (Lipinski definition) is 4. The highest BCUT2D eigenvalue weighted by Gasteiger charge is 2.36. The summed E-state index contributed by atoms with van der Waals surface area (Å²) in [5.41, 5.74) is 1.70. The van der Waals surface area contributed by atoms with E-state index in [2.05, 4.69) is 10.6 Å². The molecule has 2 aromatic carbocycles. The first-order chi connectivity index (χ1) is 14.6. The molecule has 3 amide bonds. The van der Waals surface area contributed by atoms with Gasteiger partial charge in [-0.3, -0.25) is 14.4 Å². The minimum atomic E-state index is -0.445. The van der Waals surface area contributed by atoms with Gasteiger partial charge in [0.05, 0.1) is 18.2 Å². The van der Waals surface area contributed by atoms with Crippen molar-refractivity contribution in [3.05, 3.63) is 60.2 Å². The second-order valence-corrected chi connectivity index (χ2v) is 7.11. The van der Waals surface area contributed by atoms with Crippen LogP contribution in [0.2, 0.25) is 0 Å². The molecule has 0 bridgehead atoms. The number of ether oxygens (including phenoxy) is 1. The van der Waals surface area contributed by atoms with Crippen LogP contribution in [0.25, 0.3) is 0 Å². The van der Waals surface area contributed by atoms with Gasteiger partial charge in [0.25, 0.3) is 0 Å². The zero-order valence-corrected chi connectivity index (χ0v) is 17.1. The van der Waals surface area contributed by atoms with Crippen molar-refractivity contribution < 1.29 is 19.1 Å². The van der Waals surface area contributed by atoms with Crippen molar-refractivity contribution in [2.24, 2.45) is 5.92 Å². The number of nitrogens with zero attached hydrogens (tertiary/aromatic N) is 1. The number of para-hydroxylation sites is 2. The van der Waals surface area contributed by atoms with Crippen LogP contribution in [0.4, 0.5) is 5.69 Å². The Bertz CT molecular complexity index is 885. The third-order valence-electron chi connectivity index (χ3n) is 4.94. The predicted molar refractivity (Wildman–Crippen MR) is 114 cm³/mol. The molecule has 0 aromatic heterocycles. The molecule has 1 aliphatic heterocycles. The Morgan fingerprint density at radius 3 is 2.57 bits per heavy atom. The van der Waals surface area contributed by atoms with Crippen LogP contribution in [-0.2, 0) is 20.9 Å². The lowest BCUT2D eigenvalue weighted by atomic mass is 10.1. The van der Waals surface area contributed by atoms with Gasteiger partial charge in [-0.2, -0.15) is 0 Å². The summed E-state index contributed by atoms with van der Waals surface area (Å²) < 4.78 is 5.60. The van der Waals surface area contributed by atoms with E-state index in [0.717, 1.165) is 5.56 Å². The maximum absolute atomic E-state index is 12.5. The monoisotopic (exact) mass is 409 g/mol. The zero-order valence-electron chi connectivity index (χ0n) is 17.1. The lowest BCUT2D eigenvalue weighted by molar-refractivity contribution is -0.126. The summed E-state index contributed by atoms with van der Waals surface area (Å²) in [5.74, 6) is -0.267. The van der Waals surface area contributed by atoms with Gasteiger partial charge in [-0.1, -0.05) is 42.5 Å². The van der Waals surface area contributed by atoms with E-state index in [0.29, 0.717) is 31.1 Å². The first-order valence-corrected chi connectivity index (χ1v) is 10.2. The van der Waals surface area contributed by atoms with Crippen molar-refractivity contribution in [2.75, 3.05) is 24.6 Å². The Morgan fingerprint density at radius 2 is 1.80 bits per heavy atom. The molecule has 1 atom stereocenters. The molecule has 7 nitrogen and oxygen atoms in total. The molecule has 0 radical (unpaired) electrons. The molecule has 158 valence electrons. The van der Waals surface area contributed by atoms with Crippen LogP contribution in [0.1, 0.15) is 25.3 Å². The molecule has 0 spiro atoms. The second kappa shape index (κ2) is 10.4. The van der Waals surface area contributed by atoms with Crippen molar-refractivity contribution in [1.82, 2.24) is 10.6 Å². The normalized spacial score (nSPS) is 15.7. The number of anilines is 1. The maximum Gasteiger partial charge on any atom is 0.227 e. The van der Waals surface area contributed by atoms with E-state index >= 15 is 0 Å². The highest BCUT2D eigenvalue weighted by Crippen LogP contribution is 2.33. The van der Waals surface area contributed by atoms with E-state index in [1.807, 2.05) is 61.5 Å². The molecule has 1 unspecified atom stereocenters. The molecule has 3 rings (SSSR count). The van der Waals surface area contributed by atoms with Crippen LogP contribution in [0.3, 0.4) is 0 Å². The third kappa shape index (κ3) is 5.59. The van der Waals surface area contributed by atoms with E-state index in [4.69, 9.17) is 4.74 Å². The molecule has 30 heavy (non-hydrogen) atoms. The predicted octanol–water partition coefficient (Wildman–Crippen LogP) is 2.26. The van der Waals surface area contributed by atoms with Crippen molar-refractivity contribution >= 4 is 23.4 Å². The number of carbonyl (C=O) groups is 3. The van der Waals surface area contributed by atoms with Crippen LogP contribution in [0, 0.1) is 5.92 Å². The van der Waals surface area contributed by atoms with Crippen molar-refractivity contribution in [1.29, 1.82) is 0 Å². The third-order valence-corrected chi connectivity index (χ3v) is 4.94. The lowest BCUT2D eigenvalue weighted by Gasteiger charge is -2.20. The summed E-state index contributed by atoms with van der Waals surface area (Å²) >= 11 is 0.